The van der Waals surface area contributed by atoms with Crippen LogP contribution in [0.15, 0.2) is 24.3 Å². The lowest BCUT2D eigenvalue weighted by molar-refractivity contribution is -0.130. The van der Waals surface area contributed by atoms with E-state index in [2.05, 4.69) is 22.8 Å². The summed E-state index contributed by atoms with van der Waals surface area (Å²) in [5, 5.41) is 8.80. The number of hydrogen-bond donors (Lipinski definition) is 1. The smallest absolute Gasteiger partial charge is 0.219 e. The Morgan fingerprint density at radius 1 is 1.24 bits per heavy atom. The van der Waals surface area contributed by atoms with E-state index in [1.807, 2.05) is 23.1 Å². The van der Waals surface area contributed by atoms with E-state index < -0.39 is 0 Å². The van der Waals surface area contributed by atoms with Gasteiger partial charge in [0.05, 0.1) is 6.61 Å². The summed E-state index contributed by atoms with van der Waals surface area (Å²) in [7, 11) is 0. The Kier molecular flexibility index (Phi) is 5.79. The topological polar surface area (TPSA) is 43.8 Å². The lowest BCUT2D eigenvalue weighted by atomic mass is 10.1. The van der Waals surface area contributed by atoms with Gasteiger partial charge in [-0.2, -0.15) is 0 Å². The Hall–Kier alpha value is -1.83. The van der Waals surface area contributed by atoms with Gasteiger partial charge in [-0.1, -0.05) is 30.0 Å². The first-order chi connectivity index (χ1) is 10.2. The maximum absolute atomic E-state index is 11.3. The molecule has 4 nitrogen and oxygen atoms in total. The van der Waals surface area contributed by atoms with Crippen LogP contribution in [0.25, 0.3) is 0 Å². The summed E-state index contributed by atoms with van der Waals surface area (Å²) >= 11 is 0. The number of rotatable bonds is 3. The predicted octanol–water partition coefficient (Wildman–Crippen LogP) is 1.08. The summed E-state index contributed by atoms with van der Waals surface area (Å²) in [4.78, 5) is 15.6. The van der Waals surface area contributed by atoms with Crippen molar-refractivity contribution >= 4 is 5.91 Å². The minimum Gasteiger partial charge on any atom is -0.395 e. The highest BCUT2D eigenvalue weighted by atomic mass is 16.2. The third kappa shape index (κ3) is 4.59. The van der Waals surface area contributed by atoms with Crippen LogP contribution in [-0.4, -0.2) is 53.6 Å². The third-order valence-electron chi connectivity index (χ3n) is 3.69. The van der Waals surface area contributed by atoms with Crippen LogP contribution in [0.1, 0.15) is 24.5 Å². The molecule has 112 valence electrons. The molecular formula is C17H22N2O2. The van der Waals surface area contributed by atoms with Crippen molar-refractivity contribution in [2.75, 3.05) is 32.8 Å². The predicted molar refractivity (Wildman–Crippen MR) is 82.6 cm³/mol. The molecule has 1 N–H and O–H groups in total. The Labute approximate surface area is 126 Å². The zero-order valence-electron chi connectivity index (χ0n) is 12.5. The second kappa shape index (κ2) is 7.82. The van der Waals surface area contributed by atoms with E-state index in [0.717, 1.165) is 38.3 Å². The largest absolute Gasteiger partial charge is 0.395 e. The molecule has 1 heterocycles. The Morgan fingerprint density at radius 2 is 1.95 bits per heavy atom. The van der Waals surface area contributed by atoms with Crippen LogP contribution in [0.5, 0.6) is 0 Å². The Bertz CT molecular complexity index is 537. The lowest BCUT2D eigenvalue weighted by Crippen LogP contribution is -2.47. The first-order valence-electron chi connectivity index (χ1n) is 7.36. The molecule has 0 bridgehead atoms. The van der Waals surface area contributed by atoms with Gasteiger partial charge >= 0.3 is 0 Å². The molecule has 2 rings (SSSR count). The van der Waals surface area contributed by atoms with E-state index in [1.54, 1.807) is 6.92 Å². The van der Waals surface area contributed by atoms with Crippen molar-refractivity contribution in [1.82, 2.24) is 9.80 Å². The van der Waals surface area contributed by atoms with Crippen LogP contribution in [0.4, 0.5) is 0 Å². The second-order valence-corrected chi connectivity index (χ2v) is 5.21. The highest BCUT2D eigenvalue weighted by molar-refractivity contribution is 5.73. The lowest BCUT2D eigenvalue weighted by Gasteiger charge is -2.34. The first-order valence-corrected chi connectivity index (χ1v) is 7.36. The van der Waals surface area contributed by atoms with Crippen molar-refractivity contribution in [3.8, 4) is 11.8 Å². The van der Waals surface area contributed by atoms with E-state index in [0.29, 0.717) is 6.42 Å². The molecule has 21 heavy (non-hydrogen) atoms. The number of carbonyl (C=O) groups excluding carboxylic acids is 1. The third-order valence-corrected chi connectivity index (χ3v) is 3.69. The van der Waals surface area contributed by atoms with Crippen LogP contribution in [0.3, 0.4) is 0 Å². The molecule has 0 aliphatic carbocycles. The number of benzene rings is 1. The number of hydrogen-bond acceptors (Lipinski definition) is 3. The summed E-state index contributed by atoms with van der Waals surface area (Å²) in [5.41, 5.74) is 2.24. The summed E-state index contributed by atoms with van der Waals surface area (Å²) in [6, 6.07) is 8.13. The standard InChI is InChI=1S/C17H22N2O2/c1-15(21)19-11-9-18(10-12-19)14-17-8-3-2-6-16(17)7-4-5-13-20/h2-3,6,8,20H,5,9-14H2,1H3. The molecule has 1 fully saturated rings. The molecule has 0 atom stereocenters. The van der Waals surface area contributed by atoms with Crippen molar-refractivity contribution in [3.05, 3.63) is 35.4 Å². The number of piperazine rings is 1. The summed E-state index contributed by atoms with van der Waals surface area (Å²) in [6.45, 7) is 5.98. The minimum absolute atomic E-state index is 0.0994. The fraction of sp³-hybridized carbons (Fsp3) is 0.471. The molecule has 1 aromatic rings. The molecule has 1 saturated heterocycles. The quantitative estimate of drug-likeness (QED) is 0.846. The Balaban J connectivity index is 1.98. The second-order valence-electron chi connectivity index (χ2n) is 5.21. The molecule has 0 spiro atoms. The number of nitrogens with zero attached hydrogens (tertiary/aromatic N) is 2. The van der Waals surface area contributed by atoms with E-state index in [4.69, 9.17) is 5.11 Å². The van der Waals surface area contributed by atoms with E-state index in [-0.39, 0.29) is 12.5 Å². The SMILES string of the molecule is CC(=O)N1CCN(Cc2ccccc2C#CCCO)CC1. The fourth-order valence-corrected chi connectivity index (χ4v) is 2.46. The van der Waals surface area contributed by atoms with Gasteiger partial charge in [-0.15, -0.1) is 0 Å². The molecule has 0 saturated carbocycles. The normalized spacial score (nSPS) is 15.4. The highest BCUT2D eigenvalue weighted by Gasteiger charge is 2.18. The number of aliphatic hydroxyl groups is 1. The molecule has 0 unspecified atom stereocenters. The zero-order chi connectivity index (χ0) is 15.1. The van der Waals surface area contributed by atoms with E-state index in [9.17, 15) is 4.79 Å². The molecule has 4 heteroatoms. The van der Waals surface area contributed by atoms with Crippen molar-refractivity contribution in [3.63, 3.8) is 0 Å². The number of amides is 1. The van der Waals surface area contributed by atoms with Gasteiger partial charge < -0.3 is 10.0 Å². The molecule has 1 amide bonds. The van der Waals surface area contributed by atoms with Gasteiger partial charge in [-0.3, -0.25) is 9.69 Å². The average Bonchev–Trinajstić information content (AvgIpc) is 2.50. The highest BCUT2D eigenvalue weighted by Crippen LogP contribution is 2.13. The van der Waals surface area contributed by atoms with Crippen LogP contribution in [0, 0.1) is 11.8 Å². The van der Waals surface area contributed by atoms with E-state index >= 15 is 0 Å². The van der Waals surface area contributed by atoms with Crippen molar-refractivity contribution in [2.24, 2.45) is 0 Å². The molecule has 1 aliphatic rings. The van der Waals surface area contributed by atoms with E-state index in [1.165, 1.54) is 5.56 Å². The van der Waals surface area contributed by atoms with Gasteiger partial charge in [0, 0.05) is 51.6 Å². The maximum Gasteiger partial charge on any atom is 0.219 e. The van der Waals surface area contributed by atoms with Crippen molar-refractivity contribution in [1.29, 1.82) is 0 Å². The van der Waals surface area contributed by atoms with Crippen LogP contribution in [-0.2, 0) is 11.3 Å². The van der Waals surface area contributed by atoms with Gasteiger partial charge in [-0.25, -0.2) is 0 Å². The van der Waals surface area contributed by atoms with Crippen LogP contribution >= 0.6 is 0 Å². The molecule has 1 aromatic carbocycles. The first kappa shape index (κ1) is 15.6. The summed E-state index contributed by atoms with van der Waals surface area (Å²) in [6.07, 6.45) is 0.506. The van der Waals surface area contributed by atoms with Gasteiger partial charge in [0.1, 0.15) is 0 Å². The molecule has 0 aromatic heterocycles. The Morgan fingerprint density at radius 3 is 2.62 bits per heavy atom. The van der Waals surface area contributed by atoms with Gasteiger partial charge in [0.25, 0.3) is 0 Å². The minimum atomic E-state index is 0.0994. The molecular weight excluding hydrogens is 264 g/mol. The van der Waals surface area contributed by atoms with Gasteiger partial charge in [0.15, 0.2) is 0 Å². The van der Waals surface area contributed by atoms with Crippen molar-refractivity contribution < 1.29 is 9.90 Å². The van der Waals surface area contributed by atoms with Gasteiger partial charge in [0.2, 0.25) is 5.91 Å². The number of aliphatic hydroxyl groups excluding tert-OH is 1. The van der Waals surface area contributed by atoms with Crippen LogP contribution in [0.2, 0.25) is 0 Å². The fourth-order valence-electron chi connectivity index (χ4n) is 2.46. The molecule has 1 aliphatic heterocycles. The molecule has 0 radical (unpaired) electrons. The van der Waals surface area contributed by atoms with Crippen LogP contribution < -0.4 is 0 Å². The summed E-state index contributed by atoms with van der Waals surface area (Å²) < 4.78 is 0. The monoisotopic (exact) mass is 286 g/mol. The zero-order valence-corrected chi connectivity index (χ0v) is 12.5. The van der Waals surface area contributed by atoms with Gasteiger partial charge in [-0.05, 0) is 11.6 Å². The average molecular weight is 286 g/mol. The maximum atomic E-state index is 11.3. The van der Waals surface area contributed by atoms with Crippen molar-refractivity contribution in [2.45, 2.75) is 19.9 Å². The number of carbonyl (C=O) groups is 1. The summed E-state index contributed by atoms with van der Waals surface area (Å²) in [5.74, 6) is 6.27.